The second kappa shape index (κ2) is 4.57. The van der Waals surface area contributed by atoms with E-state index in [0.717, 1.165) is 24.3 Å². The maximum Gasteiger partial charge on any atom is 0.138 e. The van der Waals surface area contributed by atoms with Gasteiger partial charge in [0.25, 0.3) is 0 Å². The fourth-order valence-corrected chi connectivity index (χ4v) is 1.21. The van der Waals surface area contributed by atoms with Crippen molar-refractivity contribution in [1.29, 1.82) is 0 Å². The molecule has 80 valence electrons. The minimum Gasteiger partial charge on any atom is -0.378 e. The van der Waals surface area contributed by atoms with Crippen LogP contribution in [-0.4, -0.2) is 24.4 Å². The Balaban J connectivity index is 2.59. The van der Waals surface area contributed by atoms with Gasteiger partial charge in [-0.05, 0) is 20.4 Å². The van der Waals surface area contributed by atoms with Crippen LogP contribution in [-0.2, 0) is 17.6 Å². The number of hydrogen-bond donors (Lipinski definition) is 1. The van der Waals surface area contributed by atoms with Gasteiger partial charge in [-0.2, -0.15) is 0 Å². The molecule has 0 fully saturated rings. The predicted octanol–water partition coefficient (Wildman–Crippen LogP) is 1.14. The zero-order chi connectivity index (χ0) is 10.6. The maximum atomic E-state index is 5.41. The van der Waals surface area contributed by atoms with Crippen molar-refractivity contribution in [1.82, 2.24) is 5.16 Å². The summed E-state index contributed by atoms with van der Waals surface area (Å²) in [5.41, 5.74) is 6.13. The van der Waals surface area contributed by atoms with Crippen LogP contribution >= 0.6 is 0 Å². The minimum atomic E-state index is -0.198. The summed E-state index contributed by atoms with van der Waals surface area (Å²) in [6.07, 6.45) is 1.48. The molecule has 0 saturated carbocycles. The lowest BCUT2D eigenvalue weighted by Crippen LogP contribution is -2.25. The van der Waals surface area contributed by atoms with Crippen molar-refractivity contribution in [3.05, 3.63) is 17.5 Å². The quantitative estimate of drug-likeness (QED) is 0.770. The van der Waals surface area contributed by atoms with Gasteiger partial charge in [0.05, 0.1) is 11.3 Å². The third kappa shape index (κ3) is 3.12. The first-order valence-electron chi connectivity index (χ1n) is 4.77. The highest BCUT2D eigenvalue weighted by Gasteiger charge is 2.19. The van der Waals surface area contributed by atoms with Gasteiger partial charge in [-0.15, -0.1) is 0 Å². The molecule has 0 amide bonds. The summed E-state index contributed by atoms with van der Waals surface area (Å²) in [5.74, 6) is 0.842. The van der Waals surface area contributed by atoms with Crippen molar-refractivity contribution in [2.45, 2.75) is 32.3 Å². The van der Waals surface area contributed by atoms with Crippen molar-refractivity contribution in [3.63, 3.8) is 0 Å². The van der Waals surface area contributed by atoms with Gasteiger partial charge in [-0.1, -0.05) is 5.16 Å². The van der Waals surface area contributed by atoms with Gasteiger partial charge in [0.15, 0.2) is 0 Å². The van der Waals surface area contributed by atoms with E-state index in [1.54, 1.807) is 7.11 Å². The van der Waals surface area contributed by atoms with E-state index >= 15 is 0 Å². The fourth-order valence-electron chi connectivity index (χ4n) is 1.21. The van der Waals surface area contributed by atoms with Crippen LogP contribution in [0.1, 0.15) is 25.3 Å². The Morgan fingerprint density at radius 2 is 2.29 bits per heavy atom. The number of rotatable bonds is 5. The summed E-state index contributed by atoms with van der Waals surface area (Å²) in [7, 11) is 1.70. The van der Waals surface area contributed by atoms with Gasteiger partial charge in [0.1, 0.15) is 5.76 Å². The molecule has 4 heteroatoms. The van der Waals surface area contributed by atoms with Crippen LogP contribution in [0.15, 0.2) is 10.6 Å². The molecule has 1 rings (SSSR count). The molecule has 1 aromatic heterocycles. The Bertz CT molecular complexity index is 281. The van der Waals surface area contributed by atoms with E-state index < -0.39 is 0 Å². The molecular formula is C10H18N2O2. The Morgan fingerprint density at radius 3 is 2.86 bits per heavy atom. The SMILES string of the molecule is COC(C)(C)Cc1cc(CCN)on1. The number of hydrogen-bond acceptors (Lipinski definition) is 4. The van der Waals surface area contributed by atoms with Crippen LogP contribution < -0.4 is 5.73 Å². The molecule has 0 bridgehead atoms. The van der Waals surface area contributed by atoms with E-state index in [4.69, 9.17) is 15.0 Å². The van der Waals surface area contributed by atoms with Crippen LogP contribution in [0.3, 0.4) is 0 Å². The van der Waals surface area contributed by atoms with Crippen LogP contribution in [0, 0.1) is 0 Å². The lowest BCUT2D eigenvalue weighted by Gasteiger charge is -2.20. The molecule has 0 aliphatic rings. The lowest BCUT2D eigenvalue weighted by atomic mass is 10.0. The van der Waals surface area contributed by atoms with Crippen molar-refractivity contribution >= 4 is 0 Å². The molecule has 0 atom stereocenters. The number of nitrogens with zero attached hydrogens (tertiary/aromatic N) is 1. The maximum absolute atomic E-state index is 5.41. The molecule has 0 aromatic carbocycles. The van der Waals surface area contributed by atoms with E-state index in [-0.39, 0.29) is 5.60 Å². The summed E-state index contributed by atoms with van der Waals surface area (Å²) >= 11 is 0. The first kappa shape index (κ1) is 11.2. The van der Waals surface area contributed by atoms with Crippen molar-refractivity contribution < 1.29 is 9.26 Å². The summed E-state index contributed by atoms with van der Waals surface area (Å²) in [4.78, 5) is 0. The molecule has 0 aliphatic carbocycles. The minimum absolute atomic E-state index is 0.198. The highest BCUT2D eigenvalue weighted by Crippen LogP contribution is 2.16. The monoisotopic (exact) mass is 198 g/mol. The third-order valence-corrected chi connectivity index (χ3v) is 2.16. The predicted molar refractivity (Wildman–Crippen MR) is 54.1 cm³/mol. The molecule has 4 nitrogen and oxygen atoms in total. The highest BCUT2D eigenvalue weighted by molar-refractivity contribution is 5.08. The van der Waals surface area contributed by atoms with Crippen LogP contribution in [0.25, 0.3) is 0 Å². The zero-order valence-corrected chi connectivity index (χ0v) is 9.04. The Labute approximate surface area is 84.4 Å². The van der Waals surface area contributed by atoms with Crippen molar-refractivity contribution in [2.75, 3.05) is 13.7 Å². The lowest BCUT2D eigenvalue weighted by molar-refractivity contribution is 0.0218. The Kier molecular flexibility index (Phi) is 3.66. The summed E-state index contributed by atoms with van der Waals surface area (Å²) in [6, 6.07) is 1.94. The van der Waals surface area contributed by atoms with Gasteiger partial charge in [0.2, 0.25) is 0 Å². The van der Waals surface area contributed by atoms with E-state index in [0.29, 0.717) is 6.54 Å². The van der Waals surface area contributed by atoms with Crippen molar-refractivity contribution in [2.24, 2.45) is 5.73 Å². The summed E-state index contributed by atoms with van der Waals surface area (Å²) < 4.78 is 10.4. The van der Waals surface area contributed by atoms with Crippen LogP contribution in [0.5, 0.6) is 0 Å². The smallest absolute Gasteiger partial charge is 0.138 e. The zero-order valence-electron chi connectivity index (χ0n) is 9.04. The van der Waals surface area contributed by atoms with Crippen molar-refractivity contribution in [3.8, 4) is 0 Å². The fraction of sp³-hybridized carbons (Fsp3) is 0.700. The molecule has 2 N–H and O–H groups in total. The largest absolute Gasteiger partial charge is 0.378 e. The first-order chi connectivity index (χ1) is 6.57. The normalized spacial score (nSPS) is 12.0. The average molecular weight is 198 g/mol. The summed E-state index contributed by atoms with van der Waals surface area (Å²) in [6.45, 7) is 4.62. The van der Waals surface area contributed by atoms with Gasteiger partial charge >= 0.3 is 0 Å². The van der Waals surface area contributed by atoms with Crippen LogP contribution in [0.2, 0.25) is 0 Å². The molecule has 0 unspecified atom stereocenters. The average Bonchev–Trinajstić information content (AvgIpc) is 2.53. The van der Waals surface area contributed by atoms with Gasteiger partial charge in [-0.25, -0.2) is 0 Å². The van der Waals surface area contributed by atoms with Gasteiger partial charge in [-0.3, -0.25) is 0 Å². The van der Waals surface area contributed by atoms with E-state index in [1.165, 1.54) is 0 Å². The summed E-state index contributed by atoms with van der Waals surface area (Å²) in [5, 5.41) is 3.96. The molecule has 1 heterocycles. The molecule has 1 aromatic rings. The Hall–Kier alpha value is -0.870. The molecule has 0 radical (unpaired) electrons. The molecule has 14 heavy (non-hydrogen) atoms. The third-order valence-electron chi connectivity index (χ3n) is 2.16. The van der Waals surface area contributed by atoms with Crippen LogP contribution in [0.4, 0.5) is 0 Å². The topological polar surface area (TPSA) is 61.3 Å². The molecule has 0 spiro atoms. The second-order valence-corrected chi connectivity index (χ2v) is 3.96. The highest BCUT2D eigenvalue weighted by atomic mass is 16.5. The molecule has 0 aliphatic heterocycles. The first-order valence-corrected chi connectivity index (χ1v) is 4.77. The Morgan fingerprint density at radius 1 is 1.57 bits per heavy atom. The standard InChI is InChI=1S/C10H18N2O2/c1-10(2,13-3)7-8-6-9(4-5-11)14-12-8/h6H,4-5,7,11H2,1-3H3. The van der Waals surface area contributed by atoms with E-state index in [9.17, 15) is 0 Å². The van der Waals surface area contributed by atoms with E-state index in [2.05, 4.69) is 5.16 Å². The van der Waals surface area contributed by atoms with Gasteiger partial charge in [0, 0.05) is 26.0 Å². The second-order valence-electron chi connectivity index (χ2n) is 3.96. The molecular weight excluding hydrogens is 180 g/mol. The molecule has 0 saturated heterocycles. The number of ether oxygens (including phenoxy) is 1. The number of methoxy groups -OCH3 is 1. The van der Waals surface area contributed by atoms with E-state index in [1.807, 2.05) is 19.9 Å². The number of nitrogens with two attached hydrogens (primary N) is 1. The van der Waals surface area contributed by atoms with Gasteiger partial charge < -0.3 is 15.0 Å². The number of aromatic nitrogens is 1.